The SMILES string of the molecule is CNC1CCCN(CC(=O)NCc2cnn(-c3ccccc3)c2)C1.Cl. The molecule has 1 aliphatic heterocycles. The summed E-state index contributed by atoms with van der Waals surface area (Å²) in [4.78, 5) is 14.4. The number of piperidine rings is 1. The molecule has 2 heterocycles. The second-order valence-corrected chi connectivity index (χ2v) is 6.27. The largest absolute Gasteiger partial charge is 0.351 e. The normalized spacial score (nSPS) is 17.7. The fraction of sp³-hybridized carbons (Fsp3) is 0.444. The van der Waals surface area contributed by atoms with Crippen molar-refractivity contribution in [1.29, 1.82) is 0 Å². The number of likely N-dealkylation sites (N-methyl/N-ethyl adjacent to an activating group) is 1. The van der Waals surface area contributed by atoms with Gasteiger partial charge in [-0.15, -0.1) is 12.4 Å². The number of halogens is 1. The highest BCUT2D eigenvalue weighted by Gasteiger charge is 2.20. The van der Waals surface area contributed by atoms with Gasteiger partial charge in [0.25, 0.3) is 0 Å². The predicted octanol–water partition coefficient (Wildman–Crippen LogP) is 1.59. The predicted molar refractivity (Wildman–Crippen MR) is 101 cm³/mol. The van der Waals surface area contributed by atoms with Crippen LogP contribution in [0.1, 0.15) is 18.4 Å². The molecule has 1 aromatic carbocycles. The van der Waals surface area contributed by atoms with Gasteiger partial charge in [0.05, 0.1) is 18.4 Å². The van der Waals surface area contributed by atoms with E-state index in [0.29, 0.717) is 19.1 Å². The fourth-order valence-electron chi connectivity index (χ4n) is 3.07. The Bertz CT molecular complexity index is 660. The summed E-state index contributed by atoms with van der Waals surface area (Å²) in [5.74, 6) is 0.0687. The van der Waals surface area contributed by atoms with Gasteiger partial charge in [0, 0.05) is 30.9 Å². The molecule has 0 aliphatic carbocycles. The minimum Gasteiger partial charge on any atom is -0.351 e. The zero-order valence-electron chi connectivity index (χ0n) is 14.5. The van der Waals surface area contributed by atoms with Crippen LogP contribution in [-0.4, -0.2) is 53.3 Å². The minimum atomic E-state index is 0. The summed E-state index contributed by atoms with van der Waals surface area (Å²) in [5.41, 5.74) is 2.01. The molecule has 25 heavy (non-hydrogen) atoms. The Kier molecular flexibility index (Phi) is 7.43. The Morgan fingerprint density at radius 3 is 2.88 bits per heavy atom. The van der Waals surface area contributed by atoms with Crippen LogP contribution < -0.4 is 10.6 Å². The smallest absolute Gasteiger partial charge is 0.234 e. The number of aromatic nitrogens is 2. The molecule has 136 valence electrons. The molecule has 1 atom stereocenters. The first-order chi connectivity index (χ1) is 11.7. The van der Waals surface area contributed by atoms with Crippen molar-refractivity contribution >= 4 is 18.3 Å². The number of carbonyl (C=O) groups is 1. The second kappa shape index (κ2) is 9.56. The summed E-state index contributed by atoms with van der Waals surface area (Å²) in [6.07, 6.45) is 6.08. The first kappa shape index (κ1) is 19.4. The topological polar surface area (TPSA) is 62.2 Å². The standard InChI is InChI=1S/C18H25N5O.ClH/c1-19-16-6-5-9-22(13-16)14-18(24)20-10-15-11-21-23(12-15)17-7-3-2-4-8-17;/h2-4,7-8,11-12,16,19H,5-6,9-10,13-14H2,1H3,(H,20,24);1H. The summed E-state index contributed by atoms with van der Waals surface area (Å²) in [7, 11) is 1.98. The van der Waals surface area contributed by atoms with Crippen LogP contribution in [0.3, 0.4) is 0 Å². The van der Waals surface area contributed by atoms with Crippen molar-refractivity contribution in [3.63, 3.8) is 0 Å². The van der Waals surface area contributed by atoms with Gasteiger partial charge in [0.1, 0.15) is 0 Å². The van der Waals surface area contributed by atoms with Gasteiger partial charge in [-0.3, -0.25) is 9.69 Å². The molecular weight excluding hydrogens is 338 g/mol. The molecule has 2 N–H and O–H groups in total. The molecule has 1 fully saturated rings. The highest BCUT2D eigenvalue weighted by atomic mass is 35.5. The molecule has 0 saturated carbocycles. The van der Waals surface area contributed by atoms with Gasteiger partial charge in [-0.1, -0.05) is 18.2 Å². The zero-order valence-corrected chi connectivity index (χ0v) is 15.3. The number of hydrogen-bond acceptors (Lipinski definition) is 4. The van der Waals surface area contributed by atoms with E-state index < -0.39 is 0 Å². The number of nitrogens with zero attached hydrogens (tertiary/aromatic N) is 3. The average molecular weight is 364 g/mol. The molecule has 3 rings (SSSR count). The van der Waals surface area contributed by atoms with E-state index in [-0.39, 0.29) is 18.3 Å². The Morgan fingerprint density at radius 2 is 2.12 bits per heavy atom. The van der Waals surface area contributed by atoms with Crippen molar-refractivity contribution < 1.29 is 4.79 Å². The molecule has 1 aliphatic rings. The van der Waals surface area contributed by atoms with Gasteiger partial charge in [-0.05, 0) is 38.6 Å². The van der Waals surface area contributed by atoms with Crippen LogP contribution in [0.15, 0.2) is 42.7 Å². The highest BCUT2D eigenvalue weighted by Crippen LogP contribution is 2.09. The highest BCUT2D eigenvalue weighted by molar-refractivity contribution is 5.85. The van der Waals surface area contributed by atoms with Crippen molar-refractivity contribution in [3.8, 4) is 5.69 Å². The van der Waals surface area contributed by atoms with Gasteiger partial charge in [0.15, 0.2) is 0 Å². The van der Waals surface area contributed by atoms with Crippen molar-refractivity contribution in [2.24, 2.45) is 0 Å². The van der Waals surface area contributed by atoms with Gasteiger partial charge < -0.3 is 10.6 Å². The van der Waals surface area contributed by atoms with Crippen LogP contribution in [0.2, 0.25) is 0 Å². The third kappa shape index (κ3) is 5.56. The lowest BCUT2D eigenvalue weighted by atomic mass is 10.1. The molecule has 1 saturated heterocycles. The van der Waals surface area contributed by atoms with Crippen LogP contribution in [0.25, 0.3) is 5.69 Å². The number of carbonyl (C=O) groups excluding carboxylic acids is 1. The van der Waals surface area contributed by atoms with Crippen LogP contribution >= 0.6 is 12.4 Å². The lowest BCUT2D eigenvalue weighted by Crippen LogP contribution is -2.47. The molecule has 2 aromatic rings. The van der Waals surface area contributed by atoms with Gasteiger partial charge in [0.2, 0.25) is 5.91 Å². The maximum Gasteiger partial charge on any atom is 0.234 e. The van der Waals surface area contributed by atoms with Crippen LogP contribution in [0, 0.1) is 0 Å². The number of likely N-dealkylation sites (tertiary alicyclic amines) is 1. The molecule has 1 amide bonds. The van der Waals surface area contributed by atoms with E-state index in [0.717, 1.165) is 30.8 Å². The van der Waals surface area contributed by atoms with Crippen molar-refractivity contribution in [1.82, 2.24) is 25.3 Å². The Balaban J connectivity index is 0.00000225. The Morgan fingerprint density at radius 1 is 1.32 bits per heavy atom. The first-order valence-corrected chi connectivity index (χ1v) is 8.50. The summed E-state index contributed by atoms with van der Waals surface area (Å²) in [5, 5.41) is 10.6. The Hall–Kier alpha value is -1.89. The van der Waals surface area contributed by atoms with E-state index in [9.17, 15) is 4.79 Å². The maximum absolute atomic E-state index is 12.2. The maximum atomic E-state index is 12.2. The van der Waals surface area contributed by atoms with E-state index in [1.807, 2.05) is 48.3 Å². The molecule has 0 bridgehead atoms. The summed E-state index contributed by atoms with van der Waals surface area (Å²) in [6, 6.07) is 10.4. The molecule has 0 radical (unpaired) electrons. The molecule has 7 heteroatoms. The van der Waals surface area contributed by atoms with E-state index >= 15 is 0 Å². The van der Waals surface area contributed by atoms with E-state index in [4.69, 9.17) is 0 Å². The summed E-state index contributed by atoms with van der Waals surface area (Å²) in [6.45, 7) is 2.91. The third-order valence-corrected chi connectivity index (χ3v) is 4.43. The summed E-state index contributed by atoms with van der Waals surface area (Å²) < 4.78 is 1.82. The van der Waals surface area contributed by atoms with E-state index in [1.54, 1.807) is 6.20 Å². The van der Waals surface area contributed by atoms with E-state index in [1.165, 1.54) is 6.42 Å². The first-order valence-electron chi connectivity index (χ1n) is 8.50. The monoisotopic (exact) mass is 363 g/mol. The quantitative estimate of drug-likeness (QED) is 0.818. The third-order valence-electron chi connectivity index (χ3n) is 4.43. The molecule has 6 nitrogen and oxygen atoms in total. The lowest BCUT2D eigenvalue weighted by Gasteiger charge is -2.31. The molecule has 1 aromatic heterocycles. The number of para-hydroxylation sites is 1. The number of amides is 1. The summed E-state index contributed by atoms with van der Waals surface area (Å²) >= 11 is 0. The minimum absolute atomic E-state index is 0. The van der Waals surface area contributed by atoms with Crippen LogP contribution in [0.4, 0.5) is 0 Å². The van der Waals surface area contributed by atoms with Crippen LogP contribution in [-0.2, 0) is 11.3 Å². The molecular formula is C18H26ClN5O. The van der Waals surface area contributed by atoms with Crippen molar-refractivity contribution in [3.05, 3.63) is 48.3 Å². The van der Waals surface area contributed by atoms with Gasteiger partial charge >= 0.3 is 0 Å². The fourth-order valence-corrected chi connectivity index (χ4v) is 3.07. The lowest BCUT2D eigenvalue weighted by molar-refractivity contribution is -0.122. The van der Waals surface area contributed by atoms with E-state index in [2.05, 4.69) is 20.6 Å². The molecule has 1 unspecified atom stereocenters. The average Bonchev–Trinajstić information content (AvgIpc) is 3.10. The van der Waals surface area contributed by atoms with Gasteiger partial charge in [-0.2, -0.15) is 5.10 Å². The van der Waals surface area contributed by atoms with Crippen molar-refractivity contribution in [2.45, 2.75) is 25.4 Å². The number of rotatable bonds is 6. The zero-order chi connectivity index (χ0) is 16.8. The second-order valence-electron chi connectivity index (χ2n) is 6.27. The Labute approximate surface area is 155 Å². The number of benzene rings is 1. The van der Waals surface area contributed by atoms with Crippen LogP contribution in [0.5, 0.6) is 0 Å². The number of nitrogens with one attached hydrogen (secondary N) is 2. The van der Waals surface area contributed by atoms with Crippen molar-refractivity contribution in [2.75, 3.05) is 26.7 Å². The molecule has 0 spiro atoms. The number of hydrogen-bond donors (Lipinski definition) is 2. The van der Waals surface area contributed by atoms with Gasteiger partial charge in [-0.25, -0.2) is 4.68 Å².